The molecule has 1 unspecified atom stereocenters. The molecule has 1 rings (SSSR count). The van der Waals surface area contributed by atoms with Crippen LogP contribution in [0, 0.1) is 0 Å². The minimum atomic E-state index is -0.618. The van der Waals surface area contributed by atoms with E-state index >= 15 is 0 Å². The Balaban J connectivity index is 2.60. The van der Waals surface area contributed by atoms with Gasteiger partial charge in [-0.05, 0) is 13.3 Å². The molecule has 14 heavy (non-hydrogen) atoms. The van der Waals surface area contributed by atoms with E-state index in [1.54, 1.807) is 0 Å². The topological polar surface area (TPSA) is 117 Å². The van der Waals surface area contributed by atoms with Gasteiger partial charge in [-0.2, -0.15) is 0 Å². The summed E-state index contributed by atoms with van der Waals surface area (Å²) in [7, 11) is 0. The van der Waals surface area contributed by atoms with Gasteiger partial charge in [-0.3, -0.25) is 9.78 Å². The minimum absolute atomic E-state index is 0.0596. The molecule has 0 radical (unpaired) electrons. The summed E-state index contributed by atoms with van der Waals surface area (Å²) >= 11 is 0. The first-order valence-electron chi connectivity index (χ1n) is 4.28. The highest BCUT2D eigenvalue weighted by atomic mass is 16.2. The van der Waals surface area contributed by atoms with Gasteiger partial charge < -0.3 is 11.1 Å². The molecule has 7 heteroatoms. The van der Waals surface area contributed by atoms with E-state index in [2.05, 4.69) is 20.5 Å². The third-order valence-electron chi connectivity index (χ3n) is 1.60. The summed E-state index contributed by atoms with van der Waals surface area (Å²) < 4.78 is 0. The molecule has 0 aliphatic heterocycles. The van der Waals surface area contributed by atoms with E-state index in [9.17, 15) is 9.59 Å². The van der Waals surface area contributed by atoms with E-state index < -0.39 is 11.2 Å². The predicted octanol–water partition coefficient (Wildman–Crippen LogP) is -1.39. The molecule has 1 aromatic heterocycles. The number of nitrogens with one attached hydrogen (secondary N) is 3. The zero-order valence-corrected chi connectivity index (χ0v) is 7.83. The number of rotatable bonds is 4. The fourth-order valence-corrected chi connectivity index (χ4v) is 0.886. The van der Waals surface area contributed by atoms with E-state index in [0.29, 0.717) is 6.54 Å². The van der Waals surface area contributed by atoms with E-state index in [0.717, 1.165) is 6.42 Å². The molecule has 0 amide bonds. The molecule has 0 aliphatic carbocycles. The third-order valence-corrected chi connectivity index (χ3v) is 1.60. The number of hydrogen-bond donors (Lipinski definition) is 4. The molecule has 1 aromatic rings. The lowest BCUT2D eigenvalue weighted by molar-refractivity contribution is 0.687. The summed E-state index contributed by atoms with van der Waals surface area (Å²) in [6, 6.07) is 0.0596. The quantitative estimate of drug-likeness (QED) is 0.476. The molecule has 0 fully saturated rings. The lowest BCUT2D eigenvalue weighted by Gasteiger charge is -2.05. The summed E-state index contributed by atoms with van der Waals surface area (Å²) in [5.41, 5.74) is 4.37. The highest BCUT2D eigenvalue weighted by Gasteiger charge is 2.01. The molecule has 7 nitrogen and oxygen atoms in total. The van der Waals surface area contributed by atoms with Crippen LogP contribution in [-0.2, 0) is 0 Å². The second kappa shape index (κ2) is 4.56. The Kier molecular flexibility index (Phi) is 3.41. The van der Waals surface area contributed by atoms with Crippen molar-refractivity contribution in [1.82, 2.24) is 15.2 Å². The largest absolute Gasteiger partial charge is 0.364 e. The fourth-order valence-electron chi connectivity index (χ4n) is 0.886. The molecule has 0 bridgehead atoms. The summed E-state index contributed by atoms with van der Waals surface area (Å²) in [5, 5.41) is 8.43. The maximum absolute atomic E-state index is 11.1. The molecule has 0 spiro atoms. The zero-order chi connectivity index (χ0) is 10.6. The van der Waals surface area contributed by atoms with Crippen LogP contribution in [0.5, 0.6) is 0 Å². The second-order valence-corrected chi connectivity index (χ2v) is 3.05. The van der Waals surface area contributed by atoms with E-state index in [4.69, 9.17) is 5.73 Å². The van der Waals surface area contributed by atoms with Crippen molar-refractivity contribution in [2.24, 2.45) is 5.73 Å². The van der Waals surface area contributed by atoms with Gasteiger partial charge in [0.1, 0.15) is 0 Å². The molecule has 1 heterocycles. The maximum Gasteiger partial charge on any atom is 0.342 e. The molecule has 0 saturated carbocycles. The van der Waals surface area contributed by atoms with Gasteiger partial charge >= 0.3 is 5.69 Å². The Morgan fingerprint density at radius 1 is 1.57 bits per heavy atom. The Morgan fingerprint density at radius 3 is 2.86 bits per heavy atom. The van der Waals surface area contributed by atoms with Crippen molar-refractivity contribution in [3.8, 4) is 0 Å². The number of aromatic amines is 2. The van der Waals surface area contributed by atoms with Crippen LogP contribution in [-0.4, -0.2) is 27.8 Å². The maximum atomic E-state index is 11.1. The number of nitrogens with two attached hydrogens (primary N) is 1. The lowest BCUT2D eigenvalue weighted by atomic mass is 10.2. The molecular weight excluding hydrogens is 186 g/mol. The Morgan fingerprint density at radius 2 is 2.29 bits per heavy atom. The van der Waals surface area contributed by atoms with Gasteiger partial charge in [-0.1, -0.05) is 0 Å². The standard InChI is InChI=1S/C7H13N5O2/c1-4(8)2-3-9-5-6(13)10-7(14)12-11-5/h4H,2-3,8H2,1H3,(H,9,11)(H2,10,12,13,14). The van der Waals surface area contributed by atoms with Crippen molar-refractivity contribution >= 4 is 5.82 Å². The van der Waals surface area contributed by atoms with Crippen molar-refractivity contribution in [2.45, 2.75) is 19.4 Å². The van der Waals surface area contributed by atoms with E-state index in [1.807, 2.05) is 6.92 Å². The molecular formula is C7H13N5O2. The summed E-state index contributed by atoms with van der Waals surface area (Å²) in [5.74, 6) is 0.102. The van der Waals surface area contributed by atoms with Crippen LogP contribution >= 0.6 is 0 Å². The summed E-state index contributed by atoms with van der Waals surface area (Å²) in [4.78, 5) is 23.7. The summed E-state index contributed by atoms with van der Waals surface area (Å²) in [6.07, 6.45) is 0.722. The predicted molar refractivity (Wildman–Crippen MR) is 52.2 cm³/mol. The van der Waals surface area contributed by atoms with Crippen LogP contribution < -0.4 is 22.3 Å². The first-order valence-corrected chi connectivity index (χ1v) is 4.28. The van der Waals surface area contributed by atoms with Gasteiger partial charge in [0.05, 0.1) is 0 Å². The number of nitrogens with zero attached hydrogens (tertiary/aromatic N) is 1. The van der Waals surface area contributed by atoms with E-state index in [1.165, 1.54) is 0 Å². The normalized spacial score (nSPS) is 12.4. The van der Waals surface area contributed by atoms with Crippen molar-refractivity contribution in [2.75, 3.05) is 11.9 Å². The average molecular weight is 199 g/mol. The van der Waals surface area contributed by atoms with Crippen LogP contribution in [0.2, 0.25) is 0 Å². The minimum Gasteiger partial charge on any atom is -0.364 e. The Hall–Kier alpha value is -1.63. The number of anilines is 1. The van der Waals surface area contributed by atoms with Crippen LogP contribution in [0.3, 0.4) is 0 Å². The highest BCUT2D eigenvalue weighted by molar-refractivity contribution is 5.28. The number of hydrogen-bond acceptors (Lipinski definition) is 5. The van der Waals surface area contributed by atoms with Crippen LogP contribution in [0.15, 0.2) is 9.59 Å². The molecule has 5 N–H and O–H groups in total. The van der Waals surface area contributed by atoms with Gasteiger partial charge in [0.15, 0.2) is 0 Å². The van der Waals surface area contributed by atoms with Gasteiger partial charge in [0, 0.05) is 12.6 Å². The number of aromatic nitrogens is 3. The average Bonchev–Trinajstić information content (AvgIpc) is 2.08. The third kappa shape index (κ3) is 3.02. The monoisotopic (exact) mass is 199 g/mol. The zero-order valence-electron chi connectivity index (χ0n) is 7.83. The molecule has 78 valence electrons. The lowest BCUT2D eigenvalue weighted by Crippen LogP contribution is -2.28. The van der Waals surface area contributed by atoms with Gasteiger partial charge in [0.25, 0.3) is 5.56 Å². The molecule has 1 atom stereocenters. The van der Waals surface area contributed by atoms with Crippen molar-refractivity contribution in [1.29, 1.82) is 0 Å². The smallest absolute Gasteiger partial charge is 0.342 e. The SMILES string of the molecule is CC(N)CCNc1n[nH]c(=O)[nH]c1=O. The van der Waals surface area contributed by atoms with Gasteiger partial charge in [-0.25, -0.2) is 9.89 Å². The molecule has 0 aromatic carbocycles. The van der Waals surface area contributed by atoms with Gasteiger partial charge in [-0.15, -0.1) is 5.10 Å². The van der Waals surface area contributed by atoms with Crippen molar-refractivity contribution in [3.05, 3.63) is 20.8 Å². The fraction of sp³-hybridized carbons (Fsp3) is 0.571. The van der Waals surface area contributed by atoms with E-state index in [-0.39, 0.29) is 11.9 Å². The van der Waals surface area contributed by atoms with Crippen molar-refractivity contribution < 1.29 is 0 Å². The molecule has 0 saturated heterocycles. The Bertz CT molecular complexity index is 394. The Labute approximate surface area is 79.7 Å². The van der Waals surface area contributed by atoms with Crippen LogP contribution in [0.25, 0.3) is 0 Å². The van der Waals surface area contributed by atoms with Crippen molar-refractivity contribution in [3.63, 3.8) is 0 Å². The highest BCUT2D eigenvalue weighted by Crippen LogP contribution is 1.89. The summed E-state index contributed by atoms with van der Waals surface area (Å²) in [6.45, 7) is 2.41. The number of H-pyrrole nitrogens is 2. The first-order chi connectivity index (χ1) is 6.59. The van der Waals surface area contributed by atoms with Crippen LogP contribution in [0.1, 0.15) is 13.3 Å². The van der Waals surface area contributed by atoms with Crippen LogP contribution in [0.4, 0.5) is 5.82 Å². The van der Waals surface area contributed by atoms with Gasteiger partial charge in [0.2, 0.25) is 5.82 Å². The molecule has 0 aliphatic rings. The second-order valence-electron chi connectivity index (χ2n) is 3.05. The first kappa shape index (κ1) is 10.5.